The molecule has 2 aromatic heterocycles. The van der Waals surface area contributed by atoms with E-state index in [1.165, 1.54) is 116 Å². The first kappa shape index (κ1) is 47.0. The van der Waals surface area contributed by atoms with Gasteiger partial charge in [0, 0.05) is 67.0 Å². The zero-order valence-corrected chi connectivity index (χ0v) is 45.3. The Labute approximate surface area is 482 Å². The van der Waals surface area contributed by atoms with Gasteiger partial charge in [-0.1, -0.05) is 188 Å². The SMILES string of the molecule is c1ccc(-c2ccc3c(c2)c2cc(-c4ccccc4)ccc2n3-c2ccc3c(c2)B2c4cc(-n5c6ccc(-c7ccccc7)cc6c6cc(-c7ccccc7)ccc65)ccc4N(c4ccccc4)c4cccc(c42)N3c2ccccc2)cc1. The molecule has 83 heavy (non-hydrogen) atoms. The first-order valence-electron chi connectivity index (χ1n) is 28.7. The average molecular weight is 1060 g/mol. The van der Waals surface area contributed by atoms with Crippen molar-refractivity contribution in [3.63, 3.8) is 0 Å². The highest BCUT2D eigenvalue weighted by molar-refractivity contribution is 7.00. The van der Waals surface area contributed by atoms with E-state index in [9.17, 15) is 0 Å². The summed E-state index contributed by atoms with van der Waals surface area (Å²) in [5.74, 6) is 0. The molecule has 2 aliphatic rings. The van der Waals surface area contributed by atoms with Crippen LogP contribution in [0.1, 0.15) is 0 Å². The molecule has 0 unspecified atom stereocenters. The van der Waals surface area contributed by atoms with Crippen LogP contribution in [0.5, 0.6) is 0 Å². The Kier molecular flexibility index (Phi) is 10.7. The molecule has 13 aromatic carbocycles. The quantitative estimate of drug-likeness (QED) is 0.141. The van der Waals surface area contributed by atoms with Gasteiger partial charge in [-0.2, -0.15) is 0 Å². The Hall–Kier alpha value is -10.9. The van der Waals surface area contributed by atoms with E-state index >= 15 is 0 Å². The van der Waals surface area contributed by atoms with E-state index in [0.29, 0.717) is 0 Å². The monoisotopic (exact) mass is 1050 g/mol. The highest BCUT2D eigenvalue weighted by atomic mass is 15.2. The fraction of sp³-hybridized carbons (Fsp3) is 0. The summed E-state index contributed by atoms with van der Waals surface area (Å²) in [6.07, 6.45) is 0. The molecule has 0 aliphatic carbocycles. The summed E-state index contributed by atoms with van der Waals surface area (Å²) in [4.78, 5) is 5.00. The van der Waals surface area contributed by atoms with Crippen molar-refractivity contribution in [1.82, 2.24) is 9.13 Å². The van der Waals surface area contributed by atoms with Crippen LogP contribution < -0.4 is 26.2 Å². The summed E-state index contributed by atoms with van der Waals surface area (Å²) in [6.45, 7) is -0.143. The Morgan fingerprint density at radius 1 is 0.205 bits per heavy atom. The fourth-order valence-corrected chi connectivity index (χ4v) is 13.8. The van der Waals surface area contributed by atoms with Gasteiger partial charge in [-0.3, -0.25) is 0 Å². The van der Waals surface area contributed by atoms with E-state index in [4.69, 9.17) is 0 Å². The van der Waals surface area contributed by atoms with Crippen LogP contribution in [0.15, 0.2) is 309 Å². The molecule has 15 aromatic rings. The lowest BCUT2D eigenvalue weighted by Crippen LogP contribution is -2.61. The van der Waals surface area contributed by atoms with Crippen molar-refractivity contribution in [2.75, 3.05) is 9.80 Å². The number of rotatable bonds is 8. The van der Waals surface area contributed by atoms with Crippen molar-refractivity contribution in [3.8, 4) is 55.9 Å². The molecule has 4 nitrogen and oxygen atoms in total. The third-order valence-corrected chi connectivity index (χ3v) is 17.5. The van der Waals surface area contributed by atoms with Crippen LogP contribution in [0.4, 0.5) is 34.1 Å². The average Bonchev–Trinajstić information content (AvgIpc) is 3.01. The highest BCUT2D eigenvalue weighted by Gasteiger charge is 2.44. The van der Waals surface area contributed by atoms with E-state index < -0.39 is 0 Å². The first-order chi connectivity index (χ1) is 41.2. The van der Waals surface area contributed by atoms with Gasteiger partial charge in [0.2, 0.25) is 0 Å². The van der Waals surface area contributed by atoms with E-state index in [0.717, 1.165) is 34.1 Å². The van der Waals surface area contributed by atoms with Crippen LogP contribution in [-0.2, 0) is 0 Å². The third kappa shape index (κ3) is 7.48. The largest absolute Gasteiger partial charge is 0.311 e. The summed E-state index contributed by atoms with van der Waals surface area (Å²) < 4.78 is 5.01. The number of hydrogen-bond acceptors (Lipinski definition) is 2. The van der Waals surface area contributed by atoms with E-state index in [1.54, 1.807) is 0 Å². The Balaban J connectivity index is 0.927. The molecule has 0 N–H and O–H groups in total. The van der Waals surface area contributed by atoms with E-state index in [-0.39, 0.29) is 6.71 Å². The van der Waals surface area contributed by atoms with Crippen molar-refractivity contribution in [3.05, 3.63) is 309 Å². The topological polar surface area (TPSA) is 16.3 Å². The molecule has 0 bridgehead atoms. The predicted molar refractivity (Wildman–Crippen MR) is 351 cm³/mol. The first-order valence-corrected chi connectivity index (χ1v) is 28.7. The highest BCUT2D eigenvalue weighted by Crippen LogP contribution is 2.46. The second-order valence-corrected chi connectivity index (χ2v) is 22.0. The van der Waals surface area contributed by atoms with Crippen LogP contribution in [-0.4, -0.2) is 15.8 Å². The van der Waals surface area contributed by atoms with Gasteiger partial charge >= 0.3 is 0 Å². The van der Waals surface area contributed by atoms with Crippen molar-refractivity contribution in [1.29, 1.82) is 0 Å². The van der Waals surface area contributed by atoms with Gasteiger partial charge in [0.1, 0.15) is 0 Å². The second-order valence-electron chi connectivity index (χ2n) is 22.0. The lowest BCUT2D eigenvalue weighted by atomic mass is 9.33. The maximum atomic E-state index is 2.51. The summed E-state index contributed by atoms with van der Waals surface area (Å²) in [5.41, 5.74) is 27.2. The number of benzene rings is 13. The van der Waals surface area contributed by atoms with Gasteiger partial charge in [-0.25, -0.2) is 0 Å². The van der Waals surface area contributed by atoms with Gasteiger partial charge < -0.3 is 18.9 Å². The van der Waals surface area contributed by atoms with E-state index in [1.807, 2.05) is 0 Å². The molecule has 0 saturated heterocycles. The minimum Gasteiger partial charge on any atom is -0.311 e. The van der Waals surface area contributed by atoms with Gasteiger partial charge in [-0.15, -0.1) is 0 Å². The zero-order chi connectivity index (χ0) is 54.5. The summed E-state index contributed by atoms with van der Waals surface area (Å²) in [7, 11) is 0. The number of aromatic nitrogens is 2. The molecule has 0 spiro atoms. The van der Waals surface area contributed by atoms with Gasteiger partial charge in [0.15, 0.2) is 0 Å². The molecule has 0 amide bonds. The van der Waals surface area contributed by atoms with Crippen molar-refractivity contribution in [2.45, 2.75) is 0 Å². The number of nitrogens with zero attached hydrogens (tertiary/aromatic N) is 4. The second kappa shape index (κ2) is 18.9. The Morgan fingerprint density at radius 2 is 0.506 bits per heavy atom. The molecule has 0 radical (unpaired) electrons. The van der Waals surface area contributed by atoms with Crippen LogP contribution in [0, 0.1) is 0 Å². The number of para-hydroxylation sites is 2. The maximum absolute atomic E-state index is 2.51. The predicted octanol–water partition coefficient (Wildman–Crippen LogP) is 18.6. The van der Waals surface area contributed by atoms with Gasteiger partial charge in [0.05, 0.1) is 22.1 Å². The molecule has 0 fully saturated rings. The number of fused-ring (bicyclic) bond motifs is 10. The van der Waals surface area contributed by atoms with Crippen molar-refractivity contribution in [2.24, 2.45) is 0 Å². The Bertz CT molecular complexity index is 4510. The molecule has 0 saturated carbocycles. The van der Waals surface area contributed by atoms with Crippen LogP contribution >= 0.6 is 0 Å². The molecule has 0 atom stereocenters. The lowest BCUT2D eigenvalue weighted by Gasteiger charge is -2.44. The molecular weight excluding hydrogens is 1000 g/mol. The zero-order valence-electron chi connectivity index (χ0n) is 45.3. The molecule has 2 aliphatic heterocycles. The van der Waals surface area contributed by atoms with Gasteiger partial charge in [0.25, 0.3) is 6.71 Å². The third-order valence-electron chi connectivity index (χ3n) is 17.5. The number of hydrogen-bond donors (Lipinski definition) is 0. The minimum atomic E-state index is -0.143. The Morgan fingerprint density at radius 3 is 0.819 bits per heavy atom. The van der Waals surface area contributed by atoms with Crippen LogP contribution in [0.2, 0.25) is 0 Å². The van der Waals surface area contributed by atoms with Crippen LogP contribution in [0.25, 0.3) is 99.5 Å². The fourth-order valence-electron chi connectivity index (χ4n) is 13.8. The molecular formula is C78H51BN4. The maximum Gasteiger partial charge on any atom is 0.252 e. The standard InChI is InChI=1S/C78H51BN4/c1-7-20-52(21-8-1)56-34-40-70-64(46-56)65-47-57(53-22-9-2-10-23-53)35-41-71(65)82(70)62-38-44-74-68(50-62)79-69-51-63(39-45-75(69)81(61-30-17-6-18-31-61)77-33-19-32-76(78(77)79)80(74)60-28-15-5-16-29-60)83-72-42-36-58(54-24-11-3-12-25-54)48-66(72)67-49-59(37-43-73(67)83)55-26-13-4-14-27-55/h1-51H. The normalized spacial score (nSPS) is 12.5. The van der Waals surface area contributed by atoms with Gasteiger partial charge in [-0.05, 0) is 182 Å². The molecule has 386 valence electrons. The lowest BCUT2D eigenvalue weighted by molar-refractivity contribution is 1.17. The smallest absolute Gasteiger partial charge is 0.252 e. The van der Waals surface area contributed by atoms with Crippen molar-refractivity contribution >= 4 is 101 Å². The molecule has 4 heterocycles. The molecule has 17 rings (SSSR count). The summed E-state index contributed by atoms with van der Waals surface area (Å²) in [6, 6.07) is 114. The van der Waals surface area contributed by atoms with Crippen LogP contribution in [0.3, 0.4) is 0 Å². The minimum absolute atomic E-state index is 0.143. The summed E-state index contributed by atoms with van der Waals surface area (Å²) >= 11 is 0. The molecule has 5 heteroatoms. The van der Waals surface area contributed by atoms with E-state index in [2.05, 4.69) is 328 Å². The summed E-state index contributed by atoms with van der Waals surface area (Å²) in [5, 5.41) is 4.89. The number of anilines is 6. The van der Waals surface area contributed by atoms with Crippen molar-refractivity contribution < 1.29 is 0 Å².